The van der Waals surface area contributed by atoms with Gasteiger partial charge in [-0.25, -0.2) is 21.2 Å². The van der Waals surface area contributed by atoms with Crippen LogP contribution in [-0.4, -0.2) is 29.3 Å². The first-order chi connectivity index (χ1) is 18.5. The van der Waals surface area contributed by atoms with E-state index < -0.39 is 38.3 Å². The van der Waals surface area contributed by atoms with Crippen molar-refractivity contribution in [2.24, 2.45) is 0 Å². The highest BCUT2D eigenvalue weighted by Crippen LogP contribution is 2.28. The number of aryl methyl sites for hydroxylation is 1. The molecule has 8 nitrogen and oxygen atoms in total. The molecule has 0 radical (unpaired) electrons. The highest BCUT2D eigenvalue weighted by Gasteiger charge is 2.28. The Morgan fingerprint density at radius 3 is 2.00 bits per heavy atom. The van der Waals surface area contributed by atoms with E-state index in [4.69, 9.17) is 0 Å². The number of carbonyl (C=O) groups excluding carboxylic acids is 1. The topological polar surface area (TPSA) is 113 Å². The number of sulfonamides is 2. The maximum atomic E-state index is 13.6. The molecule has 11 heteroatoms. The molecule has 0 saturated heterocycles. The zero-order chi connectivity index (χ0) is 28.2. The molecule has 2 N–H and O–H groups in total. The van der Waals surface area contributed by atoms with Crippen molar-refractivity contribution in [1.29, 1.82) is 0 Å². The third kappa shape index (κ3) is 6.44. The van der Waals surface area contributed by atoms with Crippen LogP contribution in [0.25, 0.3) is 0 Å². The molecule has 0 spiro atoms. The maximum absolute atomic E-state index is 13.6. The van der Waals surface area contributed by atoms with Gasteiger partial charge in [0.15, 0.2) is 0 Å². The van der Waals surface area contributed by atoms with Gasteiger partial charge < -0.3 is 5.32 Å². The molecule has 0 aliphatic rings. The third-order valence-electron chi connectivity index (χ3n) is 6.01. The van der Waals surface area contributed by atoms with E-state index in [-0.39, 0.29) is 21.2 Å². The van der Waals surface area contributed by atoms with Crippen molar-refractivity contribution >= 4 is 43.0 Å². The molecule has 1 amide bonds. The summed E-state index contributed by atoms with van der Waals surface area (Å²) in [6, 6.07) is 23.3. The van der Waals surface area contributed by atoms with Crippen LogP contribution in [0.1, 0.15) is 11.1 Å². The second kappa shape index (κ2) is 11.3. The molecule has 39 heavy (non-hydrogen) atoms. The Labute approximate surface area is 227 Å². The van der Waals surface area contributed by atoms with E-state index in [0.717, 1.165) is 22.0 Å². The van der Waals surface area contributed by atoms with Crippen molar-refractivity contribution in [1.82, 2.24) is 0 Å². The lowest BCUT2D eigenvalue weighted by molar-refractivity contribution is -0.114. The van der Waals surface area contributed by atoms with Crippen molar-refractivity contribution in [3.63, 3.8) is 0 Å². The van der Waals surface area contributed by atoms with Crippen LogP contribution >= 0.6 is 0 Å². The Bertz CT molecular complexity index is 1690. The van der Waals surface area contributed by atoms with Crippen LogP contribution in [0, 0.1) is 19.7 Å². The average Bonchev–Trinajstić information content (AvgIpc) is 2.91. The zero-order valence-electron chi connectivity index (χ0n) is 21.1. The van der Waals surface area contributed by atoms with Crippen LogP contribution in [-0.2, 0) is 24.8 Å². The zero-order valence-corrected chi connectivity index (χ0v) is 22.8. The summed E-state index contributed by atoms with van der Waals surface area (Å²) in [6.07, 6.45) is 0. The maximum Gasteiger partial charge on any atom is 0.264 e. The van der Waals surface area contributed by atoms with Gasteiger partial charge in [-0.05, 0) is 91.7 Å². The van der Waals surface area contributed by atoms with Gasteiger partial charge in [-0.2, -0.15) is 0 Å². The van der Waals surface area contributed by atoms with Crippen LogP contribution < -0.4 is 14.3 Å². The lowest BCUT2D eigenvalue weighted by Crippen LogP contribution is -2.38. The number of nitrogens with one attached hydrogen (secondary N) is 2. The molecule has 4 aromatic rings. The summed E-state index contributed by atoms with van der Waals surface area (Å²) in [7, 11) is -8.04. The summed E-state index contributed by atoms with van der Waals surface area (Å²) in [5.74, 6) is -1.11. The van der Waals surface area contributed by atoms with Crippen LogP contribution in [0.5, 0.6) is 0 Å². The number of halogens is 1. The van der Waals surface area contributed by atoms with E-state index in [2.05, 4.69) is 10.0 Å². The Kier molecular flexibility index (Phi) is 8.03. The Balaban J connectivity index is 1.55. The first-order valence-electron chi connectivity index (χ1n) is 11.8. The van der Waals surface area contributed by atoms with Crippen molar-refractivity contribution in [3.05, 3.63) is 114 Å². The second-order valence-corrected chi connectivity index (χ2v) is 12.3. The smallest absolute Gasteiger partial charge is 0.264 e. The molecule has 0 heterocycles. The van der Waals surface area contributed by atoms with E-state index in [0.29, 0.717) is 11.3 Å². The Morgan fingerprint density at radius 2 is 1.36 bits per heavy atom. The van der Waals surface area contributed by atoms with E-state index >= 15 is 0 Å². The van der Waals surface area contributed by atoms with Gasteiger partial charge in [0.1, 0.15) is 12.4 Å². The van der Waals surface area contributed by atoms with Gasteiger partial charge in [0.2, 0.25) is 5.91 Å². The predicted molar refractivity (Wildman–Crippen MR) is 149 cm³/mol. The van der Waals surface area contributed by atoms with E-state index in [1.165, 1.54) is 48.5 Å². The molecule has 0 atom stereocenters. The highest BCUT2D eigenvalue weighted by molar-refractivity contribution is 7.93. The molecule has 4 rings (SSSR count). The van der Waals surface area contributed by atoms with Gasteiger partial charge in [-0.15, -0.1) is 0 Å². The SMILES string of the molecule is Cc1cccc(N(CC(=O)Nc2ccc(S(=O)(=O)Nc3ccc(F)cc3)cc2)S(=O)(=O)c2ccccc2)c1C. The molecule has 0 aliphatic carbocycles. The fourth-order valence-electron chi connectivity index (χ4n) is 3.81. The fourth-order valence-corrected chi connectivity index (χ4v) is 6.36. The second-order valence-electron chi connectivity index (χ2n) is 8.73. The first-order valence-corrected chi connectivity index (χ1v) is 14.7. The summed E-state index contributed by atoms with van der Waals surface area (Å²) < 4.78 is 69.0. The molecular formula is C28H26FN3O5S2. The largest absolute Gasteiger partial charge is 0.325 e. The van der Waals surface area contributed by atoms with E-state index in [9.17, 15) is 26.0 Å². The number of hydrogen-bond acceptors (Lipinski definition) is 5. The van der Waals surface area contributed by atoms with Gasteiger partial charge in [0.05, 0.1) is 15.5 Å². The average molecular weight is 568 g/mol. The number of anilines is 3. The number of rotatable bonds is 9. The Morgan fingerprint density at radius 1 is 0.744 bits per heavy atom. The van der Waals surface area contributed by atoms with Gasteiger partial charge in [0.25, 0.3) is 20.0 Å². The molecule has 0 saturated carbocycles. The first kappa shape index (κ1) is 27.8. The highest BCUT2D eigenvalue weighted by atomic mass is 32.2. The van der Waals surface area contributed by atoms with Crippen molar-refractivity contribution < 1.29 is 26.0 Å². The van der Waals surface area contributed by atoms with Crippen LogP contribution in [0.4, 0.5) is 21.5 Å². The Hall–Kier alpha value is -4.22. The van der Waals surface area contributed by atoms with Gasteiger partial charge in [-0.1, -0.05) is 30.3 Å². The molecule has 0 aliphatic heterocycles. The number of nitrogens with zero attached hydrogens (tertiary/aromatic N) is 1. The van der Waals surface area contributed by atoms with Crippen LogP contribution in [0.2, 0.25) is 0 Å². The van der Waals surface area contributed by atoms with Gasteiger partial charge in [-0.3, -0.25) is 13.8 Å². The molecule has 0 unspecified atom stereocenters. The van der Waals surface area contributed by atoms with E-state index in [1.54, 1.807) is 37.3 Å². The van der Waals surface area contributed by atoms with Crippen LogP contribution in [0.3, 0.4) is 0 Å². The van der Waals surface area contributed by atoms with Gasteiger partial charge in [0, 0.05) is 11.4 Å². The number of hydrogen-bond donors (Lipinski definition) is 2. The summed E-state index contributed by atoms with van der Waals surface area (Å²) in [6.45, 7) is 3.13. The molecular weight excluding hydrogens is 541 g/mol. The lowest BCUT2D eigenvalue weighted by Gasteiger charge is -2.26. The standard InChI is InChI=1S/C28H26FN3O5S2/c1-20-7-6-10-27(21(20)2)32(39(36,37)26-8-4-3-5-9-26)19-28(33)30-23-15-17-25(18-16-23)38(34,35)31-24-13-11-22(29)12-14-24/h3-18,31H,19H2,1-2H3,(H,30,33). The minimum atomic E-state index is -4.08. The number of benzene rings is 4. The fraction of sp³-hybridized carbons (Fsp3) is 0.107. The summed E-state index contributed by atoms with van der Waals surface area (Å²) in [4.78, 5) is 13.0. The monoisotopic (exact) mass is 567 g/mol. The summed E-state index contributed by atoms with van der Waals surface area (Å²) in [5.41, 5.74) is 2.43. The van der Waals surface area contributed by atoms with Crippen LogP contribution in [0.15, 0.2) is 107 Å². The molecule has 4 aromatic carbocycles. The number of carbonyl (C=O) groups is 1. The van der Waals surface area contributed by atoms with Crippen molar-refractivity contribution in [2.75, 3.05) is 20.9 Å². The summed E-state index contributed by atoms with van der Waals surface area (Å²) in [5, 5.41) is 2.63. The minimum Gasteiger partial charge on any atom is -0.325 e. The van der Waals surface area contributed by atoms with Crippen molar-refractivity contribution in [2.45, 2.75) is 23.6 Å². The van der Waals surface area contributed by atoms with Crippen molar-refractivity contribution in [3.8, 4) is 0 Å². The predicted octanol–water partition coefficient (Wildman–Crippen LogP) is 5.08. The quantitative estimate of drug-likeness (QED) is 0.293. The molecule has 0 fully saturated rings. The van der Waals surface area contributed by atoms with E-state index in [1.807, 2.05) is 13.0 Å². The normalized spacial score (nSPS) is 11.6. The molecule has 0 aromatic heterocycles. The van der Waals surface area contributed by atoms with Gasteiger partial charge >= 0.3 is 0 Å². The molecule has 0 bridgehead atoms. The molecule has 202 valence electrons. The number of amides is 1. The third-order valence-corrected chi connectivity index (χ3v) is 9.18. The lowest BCUT2D eigenvalue weighted by atomic mass is 10.1. The minimum absolute atomic E-state index is 0.0434. The summed E-state index contributed by atoms with van der Waals surface area (Å²) >= 11 is 0.